The molecule has 0 saturated carbocycles. The predicted octanol–water partition coefficient (Wildman–Crippen LogP) is 1.81. The van der Waals surface area contributed by atoms with E-state index in [1.807, 2.05) is 11.8 Å². The lowest BCUT2D eigenvalue weighted by Gasteiger charge is -2.37. The third-order valence-electron chi connectivity index (χ3n) is 2.95. The van der Waals surface area contributed by atoms with Gasteiger partial charge in [0.05, 0.1) is 18.8 Å². The molecule has 14 heavy (non-hydrogen) atoms. The van der Waals surface area contributed by atoms with Crippen LogP contribution in [0.2, 0.25) is 0 Å². The molecule has 0 aromatic carbocycles. The highest BCUT2D eigenvalue weighted by Gasteiger charge is 2.28. The van der Waals surface area contributed by atoms with Crippen molar-refractivity contribution >= 4 is 5.91 Å². The third kappa shape index (κ3) is 2.71. The molecule has 3 heteroatoms. The molecule has 1 heterocycles. The van der Waals surface area contributed by atoms with Gasteiger partial charge in [-0.1, -0.05) is 13.3 Å². The average molecular weight is 199 g/mol. The SMILES string of the molecule is CCCCC(=O)N1CCOC(C)C1C. The fraction of sp³-hybridized carbons (Fsp3) is 0.909. The minimum Gasteiger partial charge on any atom is -0.375 e. The Kier molecular flexibility index (Phi) is 4.39. The standard InChI is InChI=1S/C11H21NO2/c1-4-5-6-11(13)12-7-8-14-10(3)9(12)2/h9-10H,4-8H2,1-3H3. The Bertz CT molecular complexity index is 194. The van der Waals surface area contributed by atoms with Gasteiger partial charge in [0.1, 0.15) is 0 Å². The van der Waals surface area contributed by atoms with Gasteiger partial charge in [-0.05, 0) is 20.3 Å². The van der Waals surface area contributed by atoms with Crippen LogP contribution in [-0.4, -0.2) is 36.1 Å². The Labute approximate surface area is 86.4 Å². The first-order valence-corrected chi connectivity index (χ1v) is 5.58. The first-order chi connectivity index (χ1) is 6.66. The van der Waals surface area contributed by atoms with E-state index in [2.05, 4.69) is 13.8 Å². The van der Waals surface area contributed by atoms with E-state index in [4.69, 9.17) is 4.74 Å². The van der Waals surface area contributed by atoms with Crippen molar-refractivity contribution in [3.63, 3.8) is 0 Å². The van der Waals surface area contributed by atoms with Crippen molar-refractivity contribution in [3.8, 4) is 0 Å². The highest BCUT2D eigenvalue weighted by Crippen LogP contribution is 2.15. The van der Waals surface area contributed by atoms with Gasteiger partial charge in [-0.2, -0.15) is 0 Å². The Morgan fingerprint density at radius 2 is 2.21 bits per heavy atom. The zero-order chi connectivity index (χ0) is 10.6. The molecular formula is C11H21NO2. The molecule has 0 aromatic rings. The van der Waals surface area contributed by atoms with Gasteiger partial charge in [-0.15, -0.1) is 0 Å². The van der Waals surface area contributed by atoms with Gasteiger partial charge in [-0.3, -0.25) is 4.79 Å². The first-order valence-electron chi connectivity index (χ1n) is 5.58. The second-order valence-electron chi connectivity index (χ2n) is 4.01. The monoisotopic (exact) mass is 199 g/mol. The number of rotatable bonds is 3. The number of hydrogen-bond donors (Lipinski definition) is 0. The van der Waals surface area contributed by atoms with Crippen LogP contribution in [-0.2, 0) is 9.53 Å². The summed E-state index contributed by atoms with van der Waals surface area (Å²) >= 11 is 0. The average Bonchev–Trinajstić information content (AvgIpc) is 2.18. The fourth-order valence-electron chi connectivity index (χ4n) is 1.76. The molecule has 1 rings (SSSR count). The summed E-state index contributed by atoms with van der Waals surface area (Å²) in [5.41, 5.74) is 0. The Morgan fingerprint density at radius 3 is 2.86 bits per heavy atom. The third-order valence-corrected chi connectivity index (χ3v) is 2.95. The van der Waals surface area contributed by atoms with Crippen LogP contribution in [0.25, 0.3) is 0 Å². The zero-order valence-electron chi connectivity index (χ0n) is 9.45. The molecule has 2 atom stereocenters. The van der Waals surface area contributed by atoms with Crippen molar-refractivity contribution in [1.82, 2.24) is 4.90 Å². The fourth-order valence-corrected chi connectivity index (χ4v) is 1.76. The molecule has 2 unspecified atom stereocenters. The van der Waals surface area contributed by atoms with Crippen LogP contribution >= 0.6 is 0 Å². The van der Waals surface area contributed by atoms with E-state index in [0.29, 0.717) is 13.0 Å². The van der Waals surface area contributed by atoms with Gasteiger partial charge in [0, 0.05) is 13.0 Å². The number of carbonyl (C=O) groups is 1. The van der Waals surface area contributed by atoms with Crippen molar-refractivity contribution in [2.45, 2.75) is 52.2 Å². The maximum Gasteiger partial charge on any atom is 0.222 e. The molecule has 0 aliphatic carbocycles. The van der Waals surface area contributed by atoms with Crippen LogP contribution in [0, 0.1) is 0 Å². The Balaban J connectivity index is 2.44. The van der Waals surface area contributed by atoms with Crippen LogP contribution in [0.5, 0.6) is 0 Å². The molecule has 0 radical (unpaired) electrons. The van der Waals surface area contributed by atoms with E-state index >= 15 is 0 Å². The molecular weight excluding hydrogens is 178 g/mol. The van der Waals surface area contributed by atoms with Gasteiger partial charge in [0.15, 0.2) is 0 Å². The van der Waals surface area contributed by atoms with E-state index in [1.165, 1.54) is 0 Å². The van der Waals surface area contributed by atoms with E-state index in [1.54, 1.807) is 0 Å². The molecule has 0 bridgehead atoms. The number of hydrogen-bond acceptors (Lipinski definition) is 2. The number of nitrogens with zero attached hydrogens (tertiary/aromatic N) is 1. The predicted molar refractivity (Wildman–Crippen MR) is 56.1 cm³/mol. The molecule has 1 saturated heterocycles. The summed E-state index contributed by atoms with van der Waals surface area (Å²) in [6.45, 7) is 7.65. The number of ether oxygens (including phenoxy) is 1. The van der Waals surface area contributed by atoms with Crippen molar-refractivity contribution in [2.75, 3.05) is 13.2 Å². The van der Waals surface area contributed by atoms with Gasteiger partial charge < -0.3 is 9.64 Å². The first kappa shape index (κ1) is 11.5. The lowest BCUT2D eigenvalue weighted by atomic mass is 10.1. The van der Waals surface area contributed by atoms with E-state index < -0.39 is 0 Å². The van der Waals surface area contributed by atoms with Gasteiger partial charge in [-0.25, -0.2) is 0 Å². The summed E-state index contributed by atoms with van der Waals surface area (Å²) in [7, 11) is 0. The topological polar surface area (TPSA) is 29.5 Å². The summed E-state index contributed by atoms with van der Waals surface area (Å²) in [5.74, 6) is 0.287. The molecule has 82 valence electrons. The van der Waals surface area contributed by atoms with Crippen LogP contribution in [0.15, 0.2) is 0 Å². The molecule has 0 N–H and O–H groups in total. The minimum absolute atomic E-state index is 0.175. The quantitative estimate of drug-likeness (QED) is 0.694. The van der Waals surface area contributed by atoms with Crippen molar-refractivity contribution in [2.24, 2.45) is 0 Å². The molecule has 1 amide bonds. The molecule has 1 fully saturated rings. The highest BCUT2D eigenvalue weighted by atomic mass is 16.5. The second-order valence-corrected chi connectivity index (χ2v) is 4.01. The maximum atomic E-state index is 11.8. The number of morpholine rings is 1. The van der Waals surface area contributed by atoms with Gasteiger partial charge in [0.2, 0.25) is 5.91 Å². The van der Waals surface area contributed by atoms with E-state index in [0.717, 1.165) is 19.4 Å². The van der Waals surface area contributed by atoms with Crippen molar-refractivity contribution in [1.29, 1.82) is 0 Å². The second kappa shape index (κ2) is 5.35. The van der Waals surface area contributed by atoms with Crippen LogP contribution in [0.1, 0.15) is 40.0 Å². The van der Waals surface area contributed by atoms with Gasteiger partial charge in [0.25, 0.3) is 0 Å². The summed E-state index contributed by atoms with van der Waals surface area (Å²) < 4.78 is 5.48. The minimum atomic E-state index is 0.175. The largest absolute Gasteiger partial charge is 0.375 e. The lowest BCUT2D eigenvalue weighted by Crippen LogP contribution is -2.51. The normalized spacial score (nSPS) is 27.8. The van der Waals surface area contributed by atoms with Crippen LogP contribution in [0.3, 0.4) is 0 Å². The number of carbonyl (C=O) groups excluding carboxylic acids is 1. The highest BCUT2D eigenvalue weighted by molar-refractivity contribution is 5.76. The smallest absolute Gasteiger partial charge is 0.222 e. The molecule has 1 aliphatic heterocycles. The summed E-state index contributed by atoms with van der Waals surface area (Å²) in [6, 6.07) is 0.230. The summed E-state index contributed by atoms with van der Waals surface area (Å²) in [4.78, 5) is 13.7. The van der Waals surface area contributed by atoms with Crippen LogP contribution in [0.4, 0.5) is 0 Å². The Morgan fingerprint density at radius 1 is 1.50 bits per heavy atom. The number of unbranched alkanes of at least 4 members (excludes halogenated alkanes) is 1. The summed E-state index contributed by atoms with van der Waals surface area (Å²) in [5, 5.41) is 0. The van der Waals surface area contributed by atoms with Gasteiger partial charge >= 0.3 is 0 Å². The summed E-state index contributed by atoms with van der Waals surface area (Å²) in [6.07, 6.45) is 2.94. The van der Waals surface area contributed by atoms with Crippen molar-refractivity contribution in [3.05, 3.63) is 0 Å². The lowest BCUT2D eigenvalue weighted by molar-refractivity contribution is -0.144. The molecule has 1 aliphatic rings. The number of amides is 1. The maximum absolute atomic E-state index is 11.8. The van der Waals surface area contributed by atoms with E-state index in [9.17, 15) is 4.79 Å². The molecule has 0 spiro atoms. The zero-order valence-corrected chi connectivity index (χ0v) is 9.45. The van der Waals surface area contributed by atoms with Crippen LogP contribution < -0.4 is 0 Å². The Hall–Kier alpha value is -0.570. The molecule has 3 nitrogen and oxygen atoms in total. The van der Waals surface area contributed by atoms with E-state index in [-0.39, 0.29) is 18.1 Å². The molecule has 0 aromatic heterocycles. The van der Waals surface area contributed by atoms with Crippen molar-refractivity contribution < 1.29 is 9.53 Å².